The second kappa shape index (κ2) is 7.82. The monoisotopic (exact) mass is 443 g/mol. The van der Waals surface area contributed by atoms with Crippen molar-refractivity contribution < 1.29 is 4.79 Å². The number of nitrogens with one attached hydrogen (secondary N) is 1. The molecule has 3 heterocycles. The number of hydrogen-bond acceptors (Lipinski definition) is 6. The maximum atomic E-state index is 13.0. The van der Waals surface area contributed by atoms with Gasteiger partial charge in [-0.05, 0) is 36.8 Å². The van der Waals surface area contributed by atoms with Gasteiger partial charge in [0.2, 0.25) is 0 Å². The van der Waals surface area contributed by atoms with Crippen molar-refractivity contribution in [3.05, 3.63) is 63.3 Å². The average Bonchev–Trinajstić information content (AvgIpc) is 2.68. The molecule has 1 N–H and O–H groups in total. The van der Waals surface area contributed by atoms with Gasteiger partial charge in [-0.1, -0.05) is 47.1 Å². The number of carbonyl (C=O) groups excluding carboxylic acids is 1. The zero-order chi connectivity index (χ0) is 18.8. The fourth-order valence-corrected chi connectivity index (χ4v) is 4.25. The SMILES string of the molecule is CCCCSC1=NN2C(=c3cc(Br)ccc3=N[C@H]2c2ccccn2)C(=O)N1. The van der Waals surface area contributed by atoms with Crippen molar-refractivity contribution in [2.75, 3.05) is 5.75 Å². The number of nitrogens with zero attached hydrogens (tertiary/aromatic N) is 4. The van der Waals surface area contributed by atoms with E-state index in [0.717, 1.165) is 39.3 Å². The molecule has 4 rings (SSSR count). The summed E-state index contributed by atoms with van der Waals surface area (Å²) in [6.07, 6.45) is 3.43. The Balaban J connectivity index is 1.86. The van der Waals surface area contributed by atoms with Gasteiger partial charge < -0.3 is 0 Å². The molecule has 27 heavy (non-hydrogen) atoms. The predicted octanol–water partition coefficient (Wildman–Crippen LogP) is 2.52. The quantitative estimate of drug-likeness (QED) is 0.736. The molecule has 0 aliphatic carbocycles. The molecule has 0 saturated heterocycles. The van der Waals surface area contributed by atoms with Gasteiger partial charge in [-0.15, -0.1) is 5.10 Å². The summed E-state index contributed by atoms with van der Waals surface area (Å²) in [7, 11) is 0. The number of hydrogen-bond donors (Lipinski definition) is 1. The molecule has 1 atom stereocenters. The van der Waals surface area contributed by atoms with E-state index in [4.69, 9.17) is 10.1 Å². The molecule has 6 nitrogen and oxygen atoms in total. The van der Waals surface area contributed by atoms with Crippen molar-refractivity contribution >= 4 is 44.5 Å². The fourth-order valence-electron chi connectivity index (χ4n) is 2.95. The summed E-state index contributed by atoms with van der Waals surface area (Å²) in [5.74, 6) is 0.742. The van der Waals surface area contributed by atoms with Gasteiger partial charge in [-0.3, -0.25) is 20.1 Å². The molecule has 0 spiro atoms. The van der Waals surface area contributed by atoms with Crippen molar-refractivity contribution in [3.8, 4) is 0 Å². The van der Waals surface area contributed by atoms with Gasteiger partial charge in [0.25, 0.3) is 5.91 Å². The van der Waals surface area contributed by atoms with Crippen molar-refractivity contribution in [2.24, 2.45) is 10.1 Å². The zero-order valence-electron chi connectivity index (χ0n) is 14.7. The smallest absolute Gasteiger partial charge is 0.276 e. The number of thioether (sulfide) groups is 1. The van der Waals surface area contributed by atoms with Crippen LogP contribution in [0, 0.1) is 0 Å². The Kier molecular flexibility index (Phi) is 5.27. The molecule has 2 aromatic rings. The summed E-state index contributed by atoms with van der Waals surface area (Å²) in [5, 5.41) is 11.5. The topological polar surface area (TPSA) is 70.0 Å². The third-order valence-corrected chi connectivity index (χ3v) is 5.70. The van der Waals surface area contributed by atoms with Crippen molar-refractivity contribution in [2.45, 2.75) is 25.9 Å². The van der Waals surface area contributed by atoms with E-state index < -0.39 is 6.17 Å². The van der Waals surface area contributed by atoms with E-state index >= 15 is 0 Å². The molecule has 138 valence electrons. The maximum Gasteiger partial charge on any atom is 0.276 e. The van der Waals surface area contributed by atoms with Crippen LogP contribution in [0.25, 0.3) is 5.70 Å². The molecule has 2 aliphatic heterocycles. The molecular formula is C19H18BrN5OS. The number of amides is 1. The molecule has 0 radical (unpaired) electrons. The van der Waals surface area contributed by atoms with E-state index in [2.05, 4.69) is 33.2 Å². The number of benzene rings is 1. The van der Waals surface area contributed by atoms with Crippen LogP contribution in [0.2, 0.25) is 0 Å². The lowest BCUT2D eigenvalue weighted by Gasteiger charge is -2.33. The molecule has 8 heteroatoms. The lowest BCUT2D eigenvalue weighted by atomic mass is 10.1. The van der Waals surface area contributed by atoms with Crippen LogP contribution in [0.15, 0.2) is 57.2 Å². The highest BCUT2D eigenvalue weighted by atomic mass is 79.9. The highest BCUT2D eigenvalue weighted by molar-refractivity contribution is 9.10. The standard InChI is InChI=1S/C19H18BrN5OS/c1-2-3-10-27-19-23-18(26)16-13-11-12(20)7-8-14(13)22-17(25(16)24-19)15-6-4-5-9-21-15/h4-9,11,17H,2-3,10H2,1H3,(H,23,24,26)/t17-/m1/s1. The number of unbranched alkanes of at least 4 members (excludes halogenated alkanes) is 1. The number of halogens is 1. The first kappa shape index (κ1) is 18.2. The summed E-state index contributed by atoms with van der Waals surface area (Å²) in [5.41, 5.74) is 1.25. The van der Waals surface area contributed by atoms with Crippen LogP contribution in [0.4, 0.5) is 0 Å². The van der Waals surface area contributed by atoms with Crippen LogP contribution in [-0.4, -0.2) is 26.8 Å². The summed E-state index contributed by atoms with van der Waals surface area (Å²) < 4.78 is 0.889. The van der Waals surface area contributed by atoms with Gasteiger partial charge in [0.15, 0.2) is 11.3 Å². The summed E-state index contributed by atoms with van der Waals surface area (Å²) >= 11 is 5.04. The molecule has 0 unspecified atom stereocenters. The van der Waals surface area contributed by atoms with E-state index in [-0.39, 0.29) is 5.91 Å². The van der Waals surface area contributed by atoms with E-state index in [1.165, 1.54) is 0 Å². The second-order valence-corrected chi connectivity index (χ2v) is 8.17. The lowest BCUT2D eigenvalue weighted by Crippen LogP contribution is -2.50. The van der Waals surface area contributed by atoms with E-state index in [1.807, 2.05) is 36.4 Å². The highest BCUT2D eigenvalue weighted by Gasteiger charge is 2.34. The first-order chi connectivity index (χ1) is 13.2. The Hall–Kier alpha value is -2.19. The summed E-state index contributed by atoms with van der Waals surface area (Å²) in [4.78, 5) is 22.2. The second-order valence-electron chi connectivity index (χ2n) is 6.17. The van der Waals surface area contributed by atoms with Crippen molar-refractivity contribution in [3.63, 3.8) is 0 Å². The van der Waals surface area contributed by atoms with Crippen LogP contribution in [0.1, 0.15) is 31.6 Å². The van der Waals surface area contributed by atoms with Crippen LogP contribution in [0.5, 0.6) is 0 Å². The number of carbonyl (C=O) groups is 1. The van der Waals surface area contributed by atoms with Crippen LogP contribution in [-0.2, 0) is 4.79 Å². The first-order valence-corrected chi connectivity index (χ1v) is 10.6. The van der Waals surface area contributed by atoms with Crippen LogP contribution < -0.4 is 15.9 Å². The van der Waals surface area contributed by atoms with E-state index in [1.54, 1.807) is 23.0 Å². The molecule has 0 fully saturated rings. The highest BCUT2D eigenvalue weighted by Crippen LogP contribution is 2.29. The molecule has 0 bridgehead atoms. The Morgan fingerprint density at radius 1 is 1.30 bits per heavy atom. The number of amidine groups is 1. The normalized spacial score (nSPS) is 18.2. The fraction of sp³-hybridized carbons (Fsp3) is 0.263. The summed E-state index contributed by atoms with van der Waals surface area (Å²) in [6, 6.07) is 11.4. The minimum absolute atomic E-state index is 0.167. The van der Waals surface area contributed by atoms with Gasteiger partial charge in [-0.2, -0.15) is 0 Å². The Morgan fingerprint density at radius 2 is 2.19 bits per heavy atom. The van der Waals surface area contributed by atoms with Gasteiger partial charge in [0, 0.05) is 21.6 Å². The maximum absolute atomic E-state index is 13.0. The van der Waals surface area contributed by atoms with Gasteiger partial charge in [0.1, 0.15) is 5.70 Å². The van der Waals surface area contributed by atoms with Crippen molar-refractivity contribution in [1.82, 2.24) is 15.3 Å². The summed E-state index contributed by atoms with van der Waals surface area (Å²) in [6.45, 7) is 2.14. The van der Waals surface area contributed by atoms with E-state index in [9.17, 15) is 4.79 Å². The van der Waals surface area contributed by atoms with Crippen LogP contribution in [0.3, 0.4) is 0 Å². The third-order valence-electron chi connectivity index (χ3n) is 4.26. The Morgan fingerprint density at radius 3 is 2.96 bits per heavy atom. The predicted molar refractivity (Wildman–Crippen MR) is 110 cm³/mol. The minimum atomic E-state index is -0.470. The number of hydrazone groups is 1. The molecular weight excluding hydrogens is 426 g/mol. The molecule has 1 amide bonds. The molecule has 1 aromatic heterocycles. The lowest BCUT2D eigenvalue weighted by molar-refractivity contribution is -0.116. The number of aromatic nitrogens is 1. The average molecular weight is 444 g/mol. The molecule has 2 aliphatic rings. The largest absolute Gasteiger partial charge is 0.298 e. The van der Waals surface area contributed by atoms with Crippen molar-refractivity contribution in [1.29, 1.82) is 0 Å². The molecule has 1 aromatic carbocycles. The minimum Gasteiger partial charge on any atom is -0.298 e. The molecule has 0 saturated carbocycles. The van der Waals surface area contributed by atoms with E-state index in [0.29, 0.717) is 10.9 Å². The Bertz CT molecular complexity index is 1020. The number of pyridine rings is 1. The van der Waals surface area contributed by atoms with Gasteiger partial charge >= 0.3 is 0 Å². The van der Waals surface area contributed by atoms with Gasteiger partial charge in [0.05, 0.1) is 11.1 Å². The number of rotatable bonds is 4. The van der Waals surface area contributed by atoms with Gasteiger partial charge in [-0.25, -0.2) is 5.01 Å². The zero-order valence-corrected chi connectivity index (χ0v) is 17.1. The first-order valence-electron chi connectivity index (χ1n) is 8.78. The third kappa shape index (κ3) is 3.64. The van der Waals surface area contributed by atoms with Crippen LogP contribution >= 0.6 is 27.7 Å². The number of fused-ring (bicyclic) bond motifs is 2. The Labute approximate surface area is 169 Å².